The van der Waals surface area contributed by atoms with E-state index in [0.29, 0.717) is 12.3 Å². The normalized spacial score (nSPS) is 15.2. The number of rotatable bonds is 7. The zero-order valence-corrected chi connectivity index (χ0v) is 18.2. The summed E-state index contributed by atoms with van der Waals surface area (Å²) in [6, 6.07) is 12.0. The van der Waals surface area contributed by atoms with Gasteiger partial charge in [0.15, 0.2) is 0 Å². The number of carbonyl (C=O) groups is 1. The minimum absolute atomic E-state index is 0.0845. The summed E-state index contributed by atoms with van der Waals surface area (Å²) >= 11 is 0. The monoisotopic (exact) mass is 406 g/mol. The highest BCUT2D eigenvalue weighted by Gasteiger charge is 2.17. The Bertz CT molecular complexity index is 978. The van der Waals surface area contributed by atoms with Crippen molar-refractivity contribution in [2.24, 2.45) is 0 Å². The molecule has 30 heavy (non-hydrogen) atoms. The van der Waals surface area contributed by atoms with Gasteiger partial charge in [-0.1, -0.05) is 6.07 Å². The summed E-state index contributed by atoms with van der Waals surface area (Å²) in [4.78, 5) is 15.1. The molecule has 1 aromatic heterocycles. The highest BCUT2D eigenvalue weighted by Crippen LogP contribution is 2.25. The number of carbonyl (C=O) groups excluding carboxylic acids is 1. The number of aromatic nitrogens is 1. The number of nitrogens with zero attached hydrogens (tertiary/aromatic N) is 3. The minimum atomic E-state index is -0.397. The molecule has 1 amide bonds. The molecule has 6 nitrogen and oxygen atoms in total. The first-order chi connectivity index (χ1) is 14.4. The van der Waals surface area contributed by atoms with Crippen molar-refractivity contribution in [3.8, 4) is 6.07 Å². The third kappa shape index (κ3) is 4.74. The fraction of sp³-hybridized carbons (Fsp3) is 0.417. The zero-order valence-electron chi connectivity index (χ0n) is 18.2. The van der Waals surface area contributed by atoms with Crippen molar-refractivity contribution < 1.29 is 9.53 Å². The molecule has 1 unspecified atom stereocenters. The van der Waals surface area contributed by atoms with Crippen molar-refractivity contribution >= 4 is 23.4 Å². The van der Waals surface area contributed by atoms with Gasteiger partial charge >= 0.3 is 0 Å². The molecule has 1 N–H and O–H groups in total. The van der Waals surface area contributed by atoms with Gasteiger partial charge in [0.2, 0.25) is 0 Å². The summed E-state index contributed by atoms with van der Waals surface area (Å²) in [5, 5.41) is 12.5. The van der Waals surface area contributed by atoms with Crippen LogP contribution in [0.4, 0.5) is 11.4 Å². The van der Waals surface area contributed by atoms with Crippen molar-refractivity contribution in [3.63, 3.8) is 0 Å². The second-order valence-electron chi connectivity index (χ2n) is 7.87. The first-order valence-electron chi connectivity index (χ1n) is 10.4. The molecule has 1 aliphatic heterocycles. The van der Waals surface area contributed by atoms with Gasteiger partial charge in [0.25, 0.3) is 5.91 Å². The first-order valence-corrected chi connectivity index (χ1v) is 10.4. The number of nitrogens with one attached hydrogen (secondary N) is 1. The average molecular weight is 407 g/mol. The van der Waals surface area contributed by atoms with Crippen LogP contribution in [0.2, 0.25) is 0 Å². The van der Waals surface area contributed by atoms with E-state index >= 15 is 0 Å². The van der Waals surface area contributed by atoms with Crippen molar-refractivity contribution in [3.05, 3.63) is 52.9 Å². The smallest absolute Gasteiger partial charge is 0.266 e. The number of methoxy groups -OCH3 is 1. The van der Waals surface area contributed by atoms with E-state index in [1.165, 1.54) is 12.8 Å². The van der Waals surface area contributed by atoms with Crippen LogP contribution in [0.15, 0.2) is 35.9 Å². The van der Waals surface area contributed by atoms with Gasteiger partial charge in [-0.25, -0.2) is 0 Å². The Morgan fingerprint density at radius 1 is 1.30 bits per heavy atom. The van der Waals surface area contributed by atoms with Crippen LogP contribution >= 0.6 is 0 Å². The summed E-state index contributed by atoms with van der Waals surface area (Å²) < 4.78 is 7.44. The van der Waals surface area contributed by atoms with E-state index in [9.17, 15) is 10.1 Å². The topological polar surface area (TPSA) is 70.3 Å². The average Bonchev–Trinajstić information content (AvgIpc) is 3.35. The fourth-order valence-corrected chi connectivity index (χ4v) is 4.20. The number of amides is 1. The van der Waals surface area contributed by atoms with Crippen LogP contribution in [0.3, 0.4) is 0 Å². The summed E-state index contributed by atoms with van der Waals surface area (Å²) in [6.45, 7) is 8.78. The lowest BCUT2D eigenvalue weighted by atomic mass is 10.1. The molecule has 0 bridgehead atoms. The first kappa shape index (κ1) is 21.7. The SMILES string of the molecule is COCC(C)n1c(C)cc(/C=C(/C#N)C(=O)Nc2cccc(N3CCCC3)c2)c1C. The molecule has 0 saturated carbocycles. The predicted molar refractivity (Wildman–Crippen MR) is 121 cm³/mol. The second-order valence-corrected chi connectivity index (χ2v) is 7.87. The van der Waals surface area contributed by atoms with Gasteiger partial charge in [0.1, 0.15) is 11.6 Å². The van der Waals surface area contributed by atoms with Crippen LogP contribution in [0.5, 0.6) is 0 Å². The number of benzene rings is 1. The fourth-order valence-electron chi connectivity index (χ4n) is 4.20. The lowest BCUT2D eigenvalue weighted by Gasteiger charge is -2.18. The Kier molecular flexibility index (Phi) is 6.96. The molecule has 6 heteroatoms. The van der Waals surface area contributed by atoms with Gasteiger partial charge in [0.05, 0.1) is 12.6 Å². The number of anilines is 2. The van der Waals surface area contributed by atoms with Crippen LogP contribution in [0.25, 0.3) is 6.08 Å². The van der Waals surface area contributed by atoms with Crippen LogP contribution in [-0.2, 0) is 9.53 Å². The Morgan fingerprint density at radius 3 is 2.70 bits per heavy atom. The van der Waals surface area contributed by atoms with Crippen molar-refractivity contribution in [2.45, 2.75) is 39.7 Å². The number of ether oxygens (including phenoxy) is 1. The molecule has 1 aliphatic rings. The summed E-state index contributed by atoms with van der Waals surface area (Å²) in [7, 11) is 1.68. The Labute approximate surface area is 178 Å². The molecule has 0 aliphatic carbocycles. The minimum Gasteiger partial charge on any atom is -0.383 e. The van der Waals surface area contributed by atoms with E-state index in [-0.39, 0.29) is 11.6 Å². The number of hydrogen-bond donors (Lipinski definition) is 1. The second kappa shape index (κ2) is 9.64. The van der Waals surface area contributed by atoms with Crippen LogP contribution in [0, 0.1) is 25.2 Å². The molecule has 1 atom stereocenters. The van der Waals surface area contributed by atoms with Crippen LogP contribution < -0.4 is 10.2 Å². The van der Waals surface area contributed by atoms with Gasteiger partial charge in [-0.05, 0) is 69.5 Å². The maximum Gasteiger partial charge on any atom is 0.266 e. The Morgan fingerprint density at radius 2 is 2.03 bits per heavy atom. The van der Waals surface area contributed by atoms with E-state index in [2.05, 4.69) is 33.8 Å². The molecule has 1 saturated heterocycles. The van der Waals surface area contributed by atoms with Crippen molar-refractivity contribution in [2.75, 3.05) is 37.0 Å². The van der Waals surface area contributed by atoms with E-state index in [0.717, 1.165) is 35.7 Å². The van der Waals surface area contributed by atoms with Gasteiger partial charge in [-0.15, -0.1) is 0 Å². The molecule has 0 radical (unpaired) electrons. The van der Waals surface area contributed by atoms with E-state index in [1.54, 1.807) is 13.2 Å². The molecule has 1 fully saturated rings. The molecule has 0 spiro atoms. The highest BCUT2D eigenvalue weighted by molar-refractivity contribution is 6.09. The van der Waals surface area contributed by atoms with Gasteiger partial charge < -0.3 is 19.5 Å². The molecular formula is C24H30N4O2. The van der Waals surface area contributed by atoms with Crippen LogP contribution in [0.1, 0.15) is 42.8 Å². The van der Waals surface area contributed by atoms with Gasteiger partial charge in [-0.3, -0.25) is 4.79 Å². The van der Waals surface area contributed by atoms with E-state index < -0.39 is 5.91 Å². The number of hydrogen-bond acceptors (Lipinski definition) is 4. The summed E-state index contributed by atoms with van der Waals surface area (Å²) in [5.41, 5.74) is 4.83. The third-order valence-electron chi connectivity index (χ3n) is 5.61. The maximum atomic E-state index is 12.8. The Hall–Kier alpha value is -3.04. The quantitative estimate of drug-likeness (QED) is 0.544. The molecule has 1 aromatic carbocycles. The predicted octanol–water partition coefficient (Wildman–Crippen LogP) is 4.46. The number of aryl methyl sites for hydroxylation is 1. The van der Waals surface area contributed by atoms with Gasteiger partial charge in [-0.2, -0.15) is 5.26 Å². The maximum absolute atomic E-state index is 12.8. The van der Waals surface area contributed by atoms with Gasteiger partial charge in [0, 0.05) is 43.0 Å². The lowest BCUT2D eigenvalue weighted by molar-refractivity contribution is -0.112. The molecule has 2 aromatic rings. The molecule has 2 heterocycles. The standard InChI is InChI=1S/C24H30N4O2/c1-17-12-20(19(3)28(17)18(2)16-30-4)13-21(15-25)24(29)26-22-8-7-9-23(14-22)27-10-5-6-11-27/h7-9,12-14,18H,5-6,10-11,16H2,1-4H3,(H,26,29)/b21-13-. The summed E-state index contributed by atoms with van der Waals surface area (Å²) in [6.07, 6.45) is 4.05. The number of nitriles is 1. The van der Waals surface area contributed by atoms with Crippen molar-refractivity contribution in [1.82, 2.24) is 4.57 Å². The summed E-state index contributed by atoms with van der Waals surface area (Å²) in [5.74, 6) is -0.397. The molecule has 158 valence electrons. The van der Waals surface area contributed by atoms with E-state index in [4.69, 9.17) is 4.74 Å². The largest absolute Gasteiger partial charge is 0.383 e. The highest BCUT2D eigenvalue weighted by atomic mass is 16.5. The van der Waals surface area contributed by atoms with E-state index in [1.807, 2.05) is 38.1 Å². The van der Waals surface area contributed by atoms with Crippen LogP contribution in [-0.4, -0.2) is 37.3 Å². The molecule has 3 rings (SSSR count). The zero-order chi connectivity index (χ0) is 21.7. The third-order valence-corrected chi connectivity index (χ3v) is 5.61. The Balaban J connectivity index is 1.80. The van der Waals surface area contributed by atoms with Crippen molar-refractivity contribution in [1.29, 1.82) is 5.26 Å². The lowest BCUT2D eigenvalue weighted by Crippen LogP contribution is -2.18. The molecular weight excluding hydrogens is 376 g/mol.